The second-order valence-corrected chi connectivity index (χ2v) is 6.48. The van der Waals surface area contributed by atoms with Gasteiger partial charge in [-0.05, 0) is 43.7 Å². The molecule has 8 nitrogen and oxygen atoms in total. The number of esters is 1. The van der Waals surface area contributed by atoms with Crippen molar-refractivity contribution in [1.82, 2.24) is 4.57 Å². The number of fused-ring (bicyclic) bond motifs is 1. The first kappa shape index (κ1) is 20.1. The molecule has 0 spiro atoms. The largest absolute Gasteiger partial charge is 0.462 e. The maximum atomic E-state index is 12.7. The lowest BCUT2D eigenvalue weighted by molar-refractivity contribution is -0.384. The minimum absolute atomic E-state index is 0.00547. The number of nitro benzene ring substituents is 1. The van der Waals surface area contributed by atoms with Gasteiger partial charge in [-0.25, -0.2) is 4.79 Å². The summed E-state index contributed by atoms with van der Waals surface area (Å²) in [4.78, 5) is 35.2. The Kier molecular flexibility index (Phi) is 5.92. The van der Waals surface area contributed by atoms with E-state index in [-0.39, 0.29) is 23.4 Å². The fraction of sp³-hybridized carbons (Fsp3) is 0.238. The Morgan fingerprint density at radius 1 is 1.10 bits per heavy atom. The highest BCUT2D eigenvalue weighted by Gasteiger charge is 2.19. The highest BCUT2D eigenvalue weighted by Crippen LogP contribution is 2.23. The van der Waals surface area contributed by atoms with Gasteiger partial charge in [-0.2, -0.15) is 0 Å². The summed E-state index contributed by atoms with van der Waals surface area (Å²) in [6.45, 7) is 4.76. The minimum atomic E-state index is -0.719. The number of ether oxygens (including phenoxy) is 1. The first-order valence-electron chi connectivity index (χ1n) is 9.29. The third-order valence-corrected chi connectivity index (χ3v) is 4.40. The van der Waals surface area contributed by atoms with E-state index in [0.29, 0.717) is 5.69 Å². The van der Waals surface area contributed by atoms with Crippen LogP contribution in [-0.4, -0.2) is 28.0 Å². The SMILES string of the molecule is CCCn1ccc2cc(NC(=O)c3cc(C(=O)OCC)cc([N+](=O)[O-])c3)ccc21. The van der Waals surface area contributed by atoms with Gasteiger partial charge in [-0.1, -0.05) is 6.92 Å². The molecule has 0 saturated carbocycles. The van der Waals surface area contributed by atoms with E-state index in [1.54, 1.807) is 13.0 Å². The Labute approximate surface area is 167 Å². The van der Waals surface area contributed by atoms with Crippen LogP contribution in [0.15, 0.2) is 48.7 Å². The van der Waals surface area contributed by atoms with Crippen LogP contribution in [0.5, 0.6) is 0 Å². The number of nitrogens with zero attached hydrogens (tertiary/aromatic N) is 2. The number of carbonyl (C=O) groups is 2. The maximum absolute atomic E-state index is 12.7. The third-order valence-electron chi connectivity index (χ3n) is 4.40. The number of hydrogen-bond donors (Lipinski definition) is 1. The lowest BCUT2D eigenvalue weighted by atomic mass is 10.1. The molecule has 0 fully saturated rings. The number of non-ortho nitro benzene ring substituents is 1. The number of amides is 1. The zero-order valence-corrected chi connectivity index (χ0v) is 16.2. The normalized spacial score (nSPS) is 10.7. The van der Waals surface area contributed by atoms with Crippen molar-refractivity contribution in [1.29, 1.82) is 0 Å². The van der Waals surface area contributed by atoms with E-state index in [4.69, 9.17) is 4.74 Å². The summed E-state index contributed by atoms with van der Waals surface area (Å²) in [6.07, 6.45) is 3.00. The predicted octanol–water partition coefficient (Wildman–Crippen LogP) is 4.39. The highest BCUT2D eigenvalue weighted by molar-refractivity contribution is 6.07. The van der Waals surface area contributed by atoms with E-state index in [0.717, 1.165) is 36.0 Å². The second-order valence-electron chi connectivity index (χ2n) is 6.48. The number of carbonyl (C=O) groups excluding carboxylic acids is 2. The van der Waals surface area contributed by atoms with Gasteiger partial charge in [0.05, 0.1) is 17.1 Å². The van der Waals surface area contributed by atoms with Crippen LogP contribution < -0.4 is 5.32 Å². The predicted molar refractivity (Wildman–Crippen MR) is 109 cm³/mol. The van der Waals surface area contributed by atoms with Gasteiger partial charge in [0.15, 0.2) is 0 Å². The van der Waals surface area contributed by atoms with Crippen LogP contribution in [0.1, 0.15) is 41.0 Å². The Balaban J connectivity index is 1.88. The molecular weight excluding hydrogens is 374 g/mol. The van der Waals surface area contributed by atoms with E-state index >= 15 is 0 Å². The lowest BCUT2D eigenvalue weighted by Crippen LogP contribution is -2.14. The number of rotatable bonds is 7. The van der Waals surface area contributed by atoms with Gasteiger partial charge in [-0.15, -0.1) is 0 Å². The summed E-state index contributed by atoms with van der Waals surface area (Å²) in [6, 6.07) is 11.0. The number of anilines is 1. The number of nitro groups is 1. The van der Waals surface area contributed by atoms with Gasteiger partial charge in [0.2, 0.25) is 0 Å². The van der Waals surface area contributed by atoms with Crippen molar-refractivity contribution in [3.8, 4) is 0 Å². The molecule has 2 aromatic carbocycles. The molecule has 0 radical (unpaired) electrons. The highest BCUT2D eigenvalue weighted by atomic mass is 16.6. The van der Waals surface area contributed by atoms with E-state index in [1.165, 1.54) is 6.07 Å². The molecule has 1 aromatic heterocycles. The monoisotopic (exact) mass is 395 g/mol. The van der Waals surface area contributed by atoms with Crippen molar-refractivity contribution in [2.75, 3.05) is 11.9 Å². The molecular formula is C21H21N3O5. The van der Waals surface area contributed by atoms with Crippen LogP contribution in [0.25, 0.3) is 10.9 Å². The topological polar surface area (TPSA) is 103 Å². The molecule has 0 aliphatic rings. The van der Waals surface area contributed by atoms with Crippen LogP contribution in [0.4, 0.5) is 11.4 Å². The van der Waals surface area contributed by atoms with Gasteiger partial charge < -0.3 is 14.6 Å². The summed E-state index contributed by atoms with van der Waals surface area (Å²) in [7, 11) is 0. The molecule has 0 bridgehead atoms. The van der Waals surface area contributed by atoms with E-state index in [1.807, 2.05) is 24.4 Å². The molecule has 8 heteroatoms. The Morgan fingerprint density at radius 3 is 2.55 bits per heavy atom. The van der Waals surface area contributed by atoms with Gasteiger partial charge >= 0.3 is 5.97 Å². The van der Waals surface area contributed by atoms with Crippen molar-refractivity contribution in [2.45, 2.75) is 26.8 Å². The van der Waals surface area contributed by atoms with Crippen molar-refractivity contribution in [3.63, 3.8) is 0 Å². The molecule has 0 unspecified atom stereocenters. The zero-order valence-electron chi connectivity index (χ0n) is 16.2. The van der Waals surface area contributed by atoms with Gasteiger partial charge in [0, 0.05) is 47.0 Å². The van der Waals surface area contributed by atoms with Crippen molar-refractivity contribution >= 4 is 34.2 Å². The summed E-state index contributed by atoms with van der Waals surface area (Å²) < 4.78 is 7.02. The fourth-order valence-electron chi connectivity index (χ4n) is 3.10. The summed E-state index contributed by atoms with van der Waals surface area (Å²) in [5.74, 6) is -1.27. The summed E-state index contributed by atoms with van der Waals surface area (Å²) >= 11 is 0. The van der Waals surface area contributed by atoms with E-state index in [2.05, 4.69) is 16.8 Å². The smallest absolute Gasteiger partial charge is 0.338 e. The maximum Gasteiger partial charge on any atom is 0.338 e. The average Bonchev–Trinajstić information content (AvgIpc) is 3.10. The zero-order chi connectivity index (χ0) is 21.0. The standard InChI is InChI=1S/C21H21N3O5/c1-3-8-23-9-7-14-11-17(5-6-19(14)23)22-20(25)15-10-16(21(26)29-4-2)13-18(12-15)24(27)28/h5-7,9-13H,3-4,8H2,1-2H3,(H,22,25). The van der Waals surface area contributed by atoms with Crippen molar-refractivity contribution in [2.24, 2.45) is 0 Å². The fourth-order valence-corrected chi connectivity index (χ4v) is 3.10. The lowest BCUT2D eigenvalue weighted by Gasteiger charge is -2.08. The molecule has 0 atom stereocenters. The number of nitrogens with one attached hydrogen (secondary N) is 1. The third kappa shape index (κ3) is 4.43. The van der Waals surface area contributed by atoms with Gasteiger partial charge in [-0.3, -0.25) is 14.9 Å². The van der Waals surface area contributed by atoms with Crippen LogP contribution >= 0.6 is 0 Å². The molecule has 1 amide bonds. The Morgan fingerprint density at radius 2 is 1.86 bits per heavy atom. The minimum Gasteiger partial charge on any atom is -0.462 e. The van der Waals surface area contributed by atoms with E-state index < -0.39 is 16.8 Å². The summed E-state index contributed by atoms with van der Waals surface area (Å²) in [5.41, 5.74) is 1.22. The molecule has 3 rings (SSSR count). The molecule has 150 valence electrons. The van der Waals surface area contributed by atoms with Crippen LogP contribution in [0.2, 0.25) is 0 Å². The number of hydrogen-bond acceptors (Lipinski definition) is 5. The van der Waals surface area contributed by atoms with Crippen LogP contribution in [0, 0.1) is 10.1 Å². The van der Waals surface area contributed by atoms with Crippen LogP contribution in [-0.2, 0) is 11.3 Å². The molecule has 0 saturated heterocycles. The average molecular weight is 395 g/mol. The van der Waals surface area contributed by atoms with E-state index in [9.17, 15) is 19.7 Å². The first-order chi connectivity index (χ1) is 13.9. The Bertz CT molecular complexity index is 1090. The Hall–Kier alpha value is -3.68. The molecule has 29 heavy (non-hydrogen) atoms. The molecule has 0 aliphatic carbocycles. The molecule has 0 aliphatic heterocycles. The number of aryl methyl sites for hydroxylation is 1. The number of benzene rings is 2. The first-order valence-corrected chi connectivity index (χ1v) is 9.29. The molecule has 1 heterocycles. The van der Waals surface area contributed by atoms with Gasteiger partial charge in [0.1, 0.15) is 0 Å². The van der Waals surface area contributed by atoms with Crippen LogP contribution in [0.3, 0.4) is 0 Å². The van der Waals surface area contributed by atoms with Crippen molar-refractivity contribution in [3.05, 3.63) is 69.9 Å². The molecule has 1 N–H and O–H groups in total. The second kappa shape index (κ2) is 8.55. The van der Waals surface area contributed by atoms with Gasteiger partial charge in [0.25, 0.3) is 11.6 Å². The summed E-state index contributed by atoms with van der Waals surface area (Å²) in [5, 5.41) is 14.9. The quantitative estimate of drug-likeness (QED) is 0.363. The molecule has 3 aromatic rings. The van der Waals surface area contributed by atoms with Crippen molar-refractivity contribution < 1.29 is 19.2 Å². The number of aromatic nitrogens is 1.